The van der Waals surface area contributed by atoms with Gasteiger partial charge in [0, 0.05) is 0 Å². The molecule has 0 amide bonds. The molecule has 34 heavy (non-hydrogen) atoms. The highest BCUT2D eigenvalue weighted by Crippen LogP contribution is 2.12. The lowest BCUT2D eigenvalue weighted by Gasteiger charge is -2.04. The molecule has 0 atom stereocenters. The molecule has 4 nitrogen and oxygen atoms in total. The predicted molar refractivity (Wildman–Crippen MR) is 143 cm³/mol. The van der Waals surface area contributed by atoms with Gasteiger partial charge >= 0.3 is 11.9 Å². The second-order valence-corrected chi connectivity index (χ2v) is 9.82. The van der Waals surface area contributed by atoms with Crippen LogP contribution in [0.15, 0.2) is 12.2 Å². The summed E-state index contributed by atoms with van der Waals surface area (Å²) in [7, 11) is 0. The molecular formula is C30H56O4. The van der Waals surface area contributed by atoms with Gasteiger partial charge in [-0.1, -0.05) is 129 Å². The summed E-state index contributed by atoms with van der Waals surface area (Å²) in [5, 5.41) is 0. The number of unbranched alkanes of at least 4 members (excludes halogenated alkanes) is 19. The van der Waals surface area contributed by atoms with Crippen LogP contribution in [0.2, 0.25) is 0 Å². The minimum absolute atomic E-state index is 0.323. The van der Waals surface area contributed by atoms with Gasteiger partial charge in [0.05, 0.1) is 12.8 Å². The molecule has 0 aromatic heterocycles. The molecule has 200 valence electrons. The molecule has 0 radical (unpaired) electrons. The fraction of sp³-hybridized carbons (Fsp3) is 0.867. The zero-order valence-electron chi connectivity index (χ0n) is 22.8. The molecule has 0 aliphatic heterocycles. The Labute approximate surface area is 211 Å². The lowest BCUT2D eigenvalue weighted by Crippen LogP contribution is -2.11. The summed E-state index contributed by atoms with van der Waals surface area (Å²) in [6, 6.07) is 0. The van der Waals surface area contributed by atoms with Crippen molar-refractivity contribution in [1.82, 2.24) is 0 Å². The lowest BCUT2D eigenvalue weighted by molar-refractivity contribution is -0.259. The van der Waals surface area contributed by atoms with Crippen LogP contribution in [0.4, 0.5) is 0 Å². The maximum Gasteiger partial charge on any atom is 0.355 e. The van der Waals surface area contributed by atoms with Gasteiger partial charge in [0.15, 0.2) is 0 Å². The molecule has 0 saturated heterocycles. The van der Waals surface area contributed by atoms with Crippen molar-refractivity contribution in [3.8, 4) is 0 Å². The van der Waals surface area contributed by atoms with Crippen LogP contribution in [0.25, 0.3) is 0 Å². The van der Waals surface area contributed by atoms with Crippen LogP contribution in [-0.4, -0.2) is 11.9 Å². The maximum absolute atomic E-state index is 11.7. The van der Waals surface area contributed by atoms with Crippen LogP contribution in [0, 0.1) is 0 Å². The second kappa shape index (κ2) is 27.9. The number of carbonyl (C=O) groups is 2. The molecular weight excluding hydrogens is 424 g/mol. The molecule has 0 unspecified atom stereocenters. The van der Waals surface area contributed by atoms with Crippen molar-refractivity contribution >= 4 is 11.9 Å². The summed E-state index contributed by atoms with van der Waals surface area (Å²) < 4.78 is 0. The molecule has 0 spiro atoms. The summed E-state index contributed by atoms with van der Waals surface area (Å²) in [4.78, 5) is 32.7. The third-order valence-electron chi connectivity index (χ3n) is 6.35. The molecule has 0 aromatic rings. The van der Waals surface area contributed by atoms with Gasteiger partial charge in [-0.05, 0) is 38.5 Å². The molecule has 0 saturated carbocycles. The van der Waals surface area contributed by atoms with Gasteiger partial charge in [-0.3, -0.25) is 0 Å². The van der Waals surface area contributed by atoms with Gasteiger partial charge in [0.1, 0.15) is 0 Å². The zero-order chi connectivity index (χ0) is 25.0. The number of allylic oxidation sites excluding steroid dienone is 2. The highest BCUT2D eigenvalue weighted by molar-refractivity contribution is 5.72. The van der Waals surface area contributed by atoms with E-state index in [9.17, 15) is 9.59 Å². The molecule has 4 heteroatoms. The van der Waals surface area contributed by atoms with Crippen molar-refractivity contribution in [3.63, 3.8) is 0 Å². The van der Waals surface area contributed by atoms with E-state index in [1.165, 1.54) is 96.3 Å². The first-order valence-electron chi connectivity index (χ1n) is 14.8. The molecule has 0 aromatic carbocycles. The van der Waals surface area contributed by atoms with E-state index in [0.717, 1.165) is 44.9 Å². The monoisotopic (exact) mass is 480 g/mol. The van der Waals surface area contributed by atoms with Gasteiger partial charge in [0.2, 0.25) is 0 Å². The van der Waals surface area contributed by atoms with E-state index in [1.54, 1.807) is 0 Å². The average Bonchev–Trinajstić information content (AvgIpc) is 2.84. The van der Waals surface area contributed by atoms with Crippen LogP contribution < -0.4 is 0 Å². The Morgan fingerprint density at radius 2 is 0.735 bits per heavy atom. The number of carbonyl (C=O) groups excluding carboxylic acids is 2. The van der Waals surface area contributed by atoms with E-state index in [0.29, 0.717) is 12.8 Å². The molecule has 0 bridgehead atoms. The Balaban J connectivity index is 3.33. The van der Waals surface area contributed by atoms with E-state index in [1.807, 2.05) is 0 Å². The van der Waals surface area contributed by atoms with Crippen molar-refractivity contribution in [2.45, 2.75) is 168 Å². The van der Waals surface area contributed by atoms with Gasteiger partial charge in [-0.2, -0.15) is 0 Å². The Hall–Kier alpha value is -1.32. The maximum atomic E-state index is 11.7. The van der Waals surface area contributed by atoms with Crippen molar-refractivity contribution < 1.29 is 19.4 Å². The standard InChI is InChI=1S/C30H56O4/c1-3-5-7-9-11-13-14-15-16-17-18-20-22-24-26-28-30(32)34-33-29(31)27-25-23-21-19-12-10-8-6-4-2/h15-16H,3-14,17-28H2,1-2H3/b16-15-. The highest BCUT2D eigenvalue weighted by atomic mass is 17.2. The summed E-state index contributed by atoms with van der Waals surface area (Å²) in [5.74, 6) is -0.862. The average molecular weight is 481 g/mol. The smallest absolute Gasteiger partial charge is 0.247 e. The SMILES string of the molecule is CCCCCCCC/C=C\CCCCCCCC(=O)OOC(=O)CCCCCCCCCCC. The van der Waals surface area contributed by atoms with Gasteiger partial charge < -0.3 is 0 Å². The van der Waals surface area contributed by atoms with E-state index in [-0.39, 0.29) is 0 Å². The third kappa shape index (κ3) is 26.9. The van der Waals surface area contributed by atoms with Crippen molar-refractivity contribution in [3.05, 3.63) is 12.2 Å². The van der Waals surface area contributed by atoms with Crippen molar-refractivity contribution in [1.29, 1.82) is 0 Å². The first-order valence-corrected chi connectivity index (χ1v) is 14.8. The minimum atomic E-state index is -0.432. The Morgan fingerprint density at radius 1 is 0.441 bits per heavy atom. The van der Waals surface area contributed by atoms with Gasteiger partial charge in [-0.15, -0.1) is 0 Å². The first-order chi connectivity index (χ1) is 16.7. The topological polar surface area (TPSA) is 52.6 Å². The van der Waals surface area contributed by atoms with Gasteiger partial charge in [-0.25, -0.2) is 19.4 Å². The minimum Gasteiger partial charge on any atom is -0.247 e. The zero-order valence-corrected chi connectivity index (χ0v) is 22.8. The van der Waals surface area contributed by atoms with E-state index < -0.39 is 11.9 Å². The number of hydrogen-bond acceptors (Lipinski definition) is 4. The van der Waals surface area contributed by atoms with Crippen LogP contribution in [-0.2, 0) is 19.4 Å². The molecule has 0 rings (SSSR count). The molecule has 0 heterocycles. The summed E-state index contributed by atoms with van der Waals surface area (Å²) in [5.41, 5.74) is 0. The van der Waals surface area contributed by atoms with Crippen LogP contribution in [0.5, 0.6) is 0 Å². The fourth-order valence-corrected chi connectivity index (χ4v) is 4.10. The van der Waals surface area contributed by atoms with E-state index in [4.69, 9.17) is 0 Å². The predicted octanol–water partition coefficient (Wildman–Crippen LogP) is 9.95. The summed E-state index contributed by atoms with van der Waals surface area (Å²) >= 11 is 0. The van der Waals surface area contributed by atoms with Crippen molar-refractivity contribution in [2.75, 3.05) is 0 Å². The van der Waals surface area contributed by atoms with Crippen LogP contribution >= 0.6 is 0 Å². The van der Waals surface area contributed by atoms with Gasteiger partial charge in [0.25, 0.3) is 0 Å². The van der Waals surface area contributed by atoms with E-state index in [2.05, 4.69) is 35.8 Å². The first kappa shape index (κ1) is 32.7. The highest BCUT2D eigenvalue weighted by Gasteiger charge is 2.09. The van der Waals surface area contributed by atoms with Crippen LogP contribution in [0.3, 0.4) is 0 Å². The largest absolute Gasteiger partial charge is 0.355 e. The second-order valence-electron chi connectivity index (χ2n) is 9.82. The fourth-order valence-electron chi connectivity index (χ4n) is 4.10. The molecule has 0 aliphatic carbocycles. The van der Waals surface area contributed by atoms with E-state index >= 15 is 0 Å². The Bertz CT molecular complexity index is 472. The van der Waals surface area contributed by atoms with Crippen LogP contribution in [0.1, 0.15) is 168 Å². The summed E-state index contributed by atoms with van der Waals surface area (Å²) in [6.07, 6.45) is 32.0. The third-order valence-corrected chi connectivity index (χ3v) is 6.35. The molecule has 0 N–H and O–H groups in total. The Morgan fingerprint density at radius 3 is 1.09 bits per heavy atom. The quantitative estimate of drug-likeness (QED) is 0.0564. The normalized spacial score (nSPS) is 11.2. The number of rotatable bonds is 25. The Kier molecular flexibility index (Phi) is 26.8. The molecule has 0 fully saturated rings. The summed E-state index contributed by atoms with van der Waals surface area (Å²) in [6.45, 7) is 4.49. The molecule has 0 aliphatic rings. The lowest BCUT2D eigenvalue weighted by atomic mass is 10.1. The number of hydrogen-bond donors (Lipinski definition) is 0. The van der Waals surface area contributed by atoms with Crippen molar-refractivity contribution in [2.24, 2.45) is 0 Å².